The minimum Gasteiger partial charge on any atom is -0.354 e. The van der Waals surface area contributed by atoms with Gasteiger partial charge in [-0.3, -0.25) is 9.89 Å². The molecule has 0 aliphatic carbocycles. The number of hydrogen-bond donors (Lipinski definition) is 2. The van der Waals surface area contributed by atoms with Crippen LogP contribution in [0.4, 0.5) is 0 Å². The third kappa shape index (κ3) is 6.58. The van der Waals surface area contributed by atoms with Crippen molar-refractivity contribution >= 4 is 5.96 Å². The fourth-order valence-electron chi connectivity index (χ4n) is 3.93. The number of nitrogens with one attached hydrogen (secondary N) is 2. The molecule has 0 spiro atoms. The molecule has 0 bridgehead atoms. The summed E-state index contributed by atoms with van der Waals surface area (Å²) in [4.78, 5) is 9.25. The molecule has 0 amide bonds. The topological polar surface area (TPSA) is 42.9 Å². The van der Waals surface area contributed by atoms with Crippen LogP contribution in [0.25, 0.3) is 0 Å². The highest BCUT2D eigenvalue weighted by Gasteiger charge is 2.21. The van der Waals surface area contributed by atoms with E-state index in [0.717, 1.165) is 45.0 Å². The number of benzene rings is 2. The number of nitrogens with zero attached hydrogens (tertiary/aromatic N) is 3. The third-order valence-corrected chi connectivity index (χ3v) is 5.67. The molecule has 156 valence electrons. The lowest BCUT2D eigenvalue weighted by Crippen LogP contribution is -2.49. The molecule has 2 aromatic carbocycles. The molecule has 1 saturated heterocycles. The molecule has 29 heavy (non-hydrogen) atoms. The van der Waals surface area contributed by atoms with Crippen LogP contribution in [-0.4, -0.2) is 62.6 Å². The molecule has 5 heteroatoms. The highest BCUT2D eigenvalue weighted by molar-refractivity contribution is 5.80. The number of hydrogen-bond acceptors (Lipinski definition) is 3. The fourth-order valence-corrected chi connectivity index (χ4v) is 3.93. The van der Waals surface area contributed by atoms with E-state index >= 15 is 0 Å². The summed E-state index contributed by atoms with van der Waals surface area (Å²) < 4.78 is 0. The predicted octanol–water partition coefficient (Wildman–Crippen LogP) is 3.12. The van der Waals surface area contributed by atoms with Gasteiger partial charge in [-0.05, 0) is 38.1 Å². The molecule has 0 radical (unpaired) electrons. The Bertz CT molecular complexity index is 736. The van der Waals surface area contributed by atoms with Crippen LogP contribution in [0, 0.1) is 0 Å². The average molecular weight is 394 g/mol. The minimum atomic E-state index is 0.308. The highest BCUT2D eigenvalue weighted by atomic mass is 15.2. The summed E-state index contributed by atoms with van der Waals surface area (Å²) in [7, 11) is 6.10. The van der Waals surface area contributed by atoms with Gasteiger partial charge in [0.1, 0.15) is 0 Å². The molecule has 1 aliphatic rings. The summed E-state index contributed by atoms with van der Waals surface area (Å²) in [6, 6.07) is 22.2. The molecule has 3 rings (SSSR count). The smallest absolute Gasteiger partial charge is 0.191 e. The molecular formula is C24H35N5. The SMILES string of the molecule is CN=C(NCC(c1ccccc1)N(C)C)NC1CCN(Cc2ccccc2)CC1. The highest BCUT2D eigenvalue weighted by Crippen LogP contribution is 2.17. The maximum atomic E-state index is 4.46. The zero-order valence-electron chi connectivity index (χ0n) is 18.0. The Balaban J connectivity index is 1.45. The standard InChI is InChI=1S/C24H35N5/c1-25-24(26-18-23(28(2)3)21-12-8-5-9-13-21)27-22-14-16-29(17-15-22)19-20-10-6-4-7-11-20/h4-13,22-23H,14-19H2,1-3H3,(H2,25,26,27). The second-order valence-electron chi connectivity index (χ2n) is 8.02. The number of guanidine groups is 1. The maximum Gasteiger partial charge on any atom is 0.191 e. The van der Waals surface area contributed by atoms with Crippen molar-refractivity contribution in [3.63, 3.8) is 0 Å². The van der Waals surface area contributed by atoms with Gasteiger partial charge >= 0.3 is 0 Å². The zero-order chi connectivity index (χ0) is 20.5. The quantitative estimate of drug-likeness (QED) is 0.560. The van der Waals surface area contributed by atoms with Gasteiger partial charge in [0.25, 0.3) is 0 Å². The van der Waals surface area contributed by atoms with Crippen LogP contribution in [0.1, 0.15) is 30.0 Å². The fraction of sp³-hybridized carbons (Fsp3) is 0.458. The summed E-state index contributed by atoms with van der Waals surface area (Å²) in [6.07, 6.45) is 2.28. The summed E-state index contributed by atoms with van der Waals surface area (Å²) in [6.45, 7) is 4.10. The van der Waals surface area contributed by atoms with E-state index in [1.807, 2.05) is 7.05 Å². The Morgan fingerprint density at radius 2 is 1.66 bits per heavy atom. The van der Waals surface area contributed by atoms with Crippen molar-refractivity contribution in [2.45, 2.75) is 31.5 Å². The second-order valence-corrected chi connectivity index (χ2v) is 8.02. The number of likely N-dealkylation sites (tertiary alicyclic amines) is 1. The van der Waals surface area contributed by atoms with E-state index in [0.29, 0.717) is 12.1 Å². The Morgan fingerprint density at radius 1 is 1.03 bits per heavy atom. The molecule has 2 N–H and O–H groups in total. The van der Waals surface area contributed by atoms with E-state index in [4.69, 9.17) is 0 Å². The number of rotatable bonds is 7. The Hall–Kier alpha value is -2.37. The van der Waals surface area contributed by atoms with Crippen LogP contribution in [0.5, 0.6) is 0 Å². The second kappa shape index (κ2) is 11.0. The first-order valence-electron chi connectivity index (χ1n) is 10.6. The van der Waals surface area contributed by atoms with Gasteiger partial charge in [-0.2, -0.15) is 0 Å². The monoisotopic (exact) mass is 393 g/mol. The van der Waals surface area contributed by atoms with Gasteiger partial charge in [0.15, 0.2) is 5.96 Å². The summed E-state index contributed by atoms with van der Waals surface area (Å²) in [5.41, 5.74) is 2.71. The first kappa shape index (κ1) is 21.3. The van der Waals surface area contributed by atoms with Crippen LogP contribution < -0.4 is 10.6 Å². The molecule has 1 atom stereocenters. The van der Waals surface area contributed by atoms with E-state index in [9.17, 15) is 0 Å². The number of aliphatic imine (C=N–C) groups is 1. The Labute approximate surface area is 175 Å². The first-order valence-corrected chi connectivity index (χ1v) is 10.6. The molecule has 2 aromatic rings. The average Bonchev–Trinajstić information content (AvgIpc) is 2.75. The van der Waals surface area contributed by atoms with E-state index in [-0.39, 0.29) is 0 Å². The van der Waals surface area contributed by atoms with Crippen molar-refractivity contribution in [2.24, 2.45) is 4.99 Å². The van der Waals surface area contributed by atoms with Crippen LogP contribution in [-0.2, 0) is 6.54 Å². The molecule has 0 saturated carbocycles. The lowest BCUT2D eigenvalue weighted by Gasteiger charge is -2.33. The van der Waals surface area contributed by atoms with Gasteiger partial charge in [0.05, 0.1) is 6.04 Å². The normalized spacial score (nSPS) is 17.3. The lowest BCUT2D eigenvalue weighted by atomic mass is 10.0. The van der Waals surface area contributed by atoms with Crippen LogP contribution in [0.15, 0.2) is 65.7 Å². The van der Waals surface area contributed by atoms with Crippen LogP contribution >= 0.6 is 0 Å². The van der Waals surface area contributed by atoms with Crippen LogP contribution in [0.2, 0.25) is 0 Å². The van der Waals surface area contributed by atoms with Crippen molar-refractivity contribution in [1.82, 2.24) is 20.4 Å². The predicted molar refractivity (Wildman–Crippen MR) is 122 cm³/mol. The van der Waals surface area contributed by atoms with Crippen molar-refractivity contribution < 1.29 is 0 Å². The first-order chi connectivity index (χ1) is 14.2. The zero-order valence-corrected chi connectivity index (χ0v) is 18.0. The molecule has 1 heterocycles. The van der Waals surface area contributed by atoms with E-state index in [2.05, 4.69) is 100 Å². The molecule has 1 unspecified atom stereocenters. The van der Waals surface area contributed by atoms with Crippen LogP contribution in [0.3, 0.4) is 0 Å². The summed E-state index contributed by atoms with van der Waals surface area (Å²) in [5.74, 6) is 0.897. The van der Waals surface area contributed by atoms with E-state index < -0.39 is 0 Å². The molecule has 1 fully saturated rings. The van der Waals surface area contributed by atoms with Crippen molar-refractivity contribution in [3.8, 4) is 0 Å². The van der Waals surface area contributed by atoms with Crippen molar-refractivity contribution in [3.05, 3.63) is 71.8 Å². The van der Waals surface area contributed by atoms with Crippen molar-refractivity contribution in [2.75, 3.05) is 40.8 Å². The maximum absolute atomic E-state index is 4.46. The number of piperidine rings is 1. The third-order valence-electron chi connectivity index (χ3n) is 5.67. The van der Waals surface area contributed by atoms with E-state index in [1.165, 1.54) is 11.1 Å². The largest absolute Gasteiger partial charge is 0.354 e. The number of likely N-dealkylation sites (N-methyl/N-ethyl adjacent to an activating group) is 1. The van der Waals surface area contributed by atoms with Gasteiger partial charge in [-0.15, -0.1) is 0 Å². The Kier molecular flexibility index (Phi) is 8.08. The Morgan fingerprint density at radius 3 is 2.24 bits per heavy atom. The minimum absolute atomic E-state index is 0.308. The molecule has 0 aromatic heterocycles. The van der Waals surface area contributed by atoms with E-state index in [1.54, 1.807) is 0 Å². The van der Waals surface area contributed by atoms with Crippen molar-refractivity contribution in [1.29, 1.82) is 0 Å². The molecular weight excluding hydrogens is 358 g/mol. The van der Waals surface area contributed by atoms with Gasteiger partial charge in [-0.25, -0.2) is 0 Å². The summed E-state index contributed by atoms with van der Waals surface area (Å²) >= 11 is 0. The summed E-state index contributed by atoms with van der Waals surface area (Å²) in [5, 5.41) is 7.16. The van der Waals surface area contributed by atoms with Gasteiger partial charge in [0, 0.05) is 39.3 Å². The van der Waals surface area contributed by atoms with Gasteiger partial charge in [0.2, 0.25) is 0 Å². The molecule has 1 aliphatic heterocycles. The lowest BCUT2D eigenvalue weighted by molar-refractivity contribution is 0.198. The molecule has 5 nitrogen and oxygen atoms in total. The van der Waals surface area contributed by atoms with Gasteiger partial charge < -0.3 is 15.5 Å². The van der Waals surface area contributed by atoms with Gasteiger partial charge in [-0.1, -0.05) is 60.7 Å².